The third kappa shape index (κ3) is 5.35. The molecular formula is C29H38FN5O2. The number of likely N-dealkylation sites (N-methyl/N-ethyl adjacent to an activating group) is 1. The molecule has 2 N–H and O–H groups in total. The zero-order chi connectivity index (χ0) is 25.9. The summed E-state index contributed by atoms with van der Waals surface area (Å²) in [4.78, 5) is 35.6. The number of carbonyl (C=O) groups is 2. The topological polar surface area (TPSA) is 77.6 Å². The highest BCUT2D eigenvalue weighted by Crippen LogP contribution is 2.38. The molecule has 2 aromatic rings. The Labute approximate surface area is 218 Å². The summed E-state index contributed by atoms with van der Waals surface area (Å²) in [5.41, 5.74) is 3.04. The van der Waals surface area contributed by atoms with Crippen LogP contribution in [-0.2, 0) is 16.0 Å². The van der Waals surface area contributed by atoms with Crippen molar-refractivity contribution in [3.8, 4) is 0 Å². The Balaban J connectivity index is 1.38. The van der Waals surface area contributed by atoms with E-state index in [1.807, 2.05) is 30.2 Å². The summed E-state index contributed by atoms with van der Waals surface area (Å²) in [6, 6.07) is 8.09. The van der Waals surface area contributed by atoms with Crippen LogP contribution < -0.4 is 15.5 Å². The molecule has 1 saturated carbocycles. The van der Waals surface area contributed by atoms with Crippen LogP contribution in [0, 0.1) is 11.7 Å². The molecule has 37 heavy (non-hydrogen) atoms. The summed E-state index contributed by atoms with van der Waals surface area (Å²) >= 11 is 0. The normalized spacial score (nSPS) is 21.5. The number of hydrogen-bond acceptors (Lipinski definition) is 5. The van der Waals surface area contributed by atoms with Crippen LogP contribution >= 0.6 is 0 Å². The van der Waals surface area contributed by atoms with E-state index < -0.39 is 6.04 Å². The Hall–Kier alpha value is -3.00. The second-order valence-electron chi connectivity index (χ2n) is 10.7. The lowest BCUT2D eigenvalue weighted by Gasteiger charge is -2.35. The van der Waals surface area contributed by atoms with Crippen molar-refractivity contribution < 1.29 is 14.0 Å². The number of hydrogen-bond donors (Lipinski definition) is 2. The van der Waals surface area contributed by atoms with Gasteiger partial charge in [0.25, 0.3) is 0 Å². The van der Waals surface area contributed by atoms with Crippen LogP contribution in [0.3, 0.4) is 0 Å². The van der Waals surface area contributed by atoms with Crippen LogP contribution in [0.4, 0.5) is 15.9 Å². The first-order chi connectivity index (χ1) is 18.0. The molecule has 2 aliphatic heterocycles. The molecule has 198 valence electrons. The molecule has 0 radical (unpaired) electrons. The summed E-state index contributed by atoms with van der Waals surface area (Å²) in [6.07, 6.45) is 9.73. The maximum Gasteiger partial charge on any atom is 0.245 e. The monoisotopic (exact) mass is 507 g/mol. The molecule has 3 atom stereocenters. The van der Waals surface area contributed by atoms with Gasteiger partial charge < -0.3 is 20.4 Å². The van der Waals surface area contributed by atoms with Gasteiger partial charge in [-0.3, -0.25) is 9.59 Å². The lowest BCUT2D eigenvalue weighted by Crippen LogP contribution is -2.55. The van der Waals surface area contributed by atoms with Crippen molar-refractivity contribution in [3.63, 3.8) is 0 Å². The van der Waals surface area contributed by atoms with E-state index >= 15 is 0 Å². The Kier molecular flexibility index (Phi) is 7.74. The van der Waals surface area contributed by atoms with Gasteiger partial charge in [-0.2, -0.15) is 0 Å². The summed E-state index contributed by atoms with van der Waals surface area (Å²) in [6.45, 7) is 3.26. The van der Waals surface area contributed by atoms with Gasteiger partial charge in [-0.1, -0.05) is 19.3 Å². The minimum absolute atomic E-state index is 0.0337. The third-order valence-electron chi connectivity index (χ3n) is 8.42. The zero-order valence-electron chi connectivity index (χ0n) is 21.9. The number of benzene rings is 1. The van der Waals surface area contributed by atoms with Gasteiger partial charge >= 0.3 is 0 Å². The molecule has 1 aliphatic carbocycles. The number of aromatic nitrogens is 1. The first-order valence-corrected chi connectivity index (χ1v) is 13.8. The number of rotatable bonds is 7. The van der Waals surface area contributed by atoms with E-state index in [1.165, 1.54) is 12.5 Å². The molecule has 7 nitrogen and oxygen atoms in total. The van der Waals surface area contributed by atoms with Crippen LogP contribution in [0.25, 0.3) is 0 Å². The number of nitrogens with zero attached hydrogens (tertiary/aromatic N) is 3. The number of halogens is 1. The van der Waals surface area contributed by atoms with Crippen molar-refractivity contribution in [1.29, 1.82) is 0 Å². The lowest BCUT2D eigenvalue weighted by atomic mass is 9.83. The van der Waals surface area contributed by atoms with E-state index in [1.54, 1.807) is 13.1 Å². The standard InChI is InChI=1S/C29H38FN5O2/c1-19(31-2)28(36)33-27(20-7-4-3-5-8-20)29(37)35-15-6-9-24(35)21-12-14-32-26(18-21)34-16-13-22-17-23(30)10-11-25(22)34/h10-12,14,17-20,24,27,31H,3-9,13,15-16H2,1-2H3,(H,33,36). The van der Waals surface area contributed by atoms with Crippen LogP contribution in [-0.4, -0.2) is 53.9 Å². The number of amides is 2. The number of pyridine rings is 1. The molecule has 1 aromatic heterocycles. The molecular weight excluding hydrogens is 469 g/mol. The molecule has 5 rings (SSSR count). The van der Waals surface area contributed by atoms with Gasteiger partial charge in [0.15, 0.2) is 0 Å². The van der Waals surface area contributed by atoms with Gasteiger partial charge in [0, 0.05) is 25.0 Å². The highest BCUT2D eigenvalue weighted by atomic mass is 19.1. The minimum Gasteiger partial charge on any atom is -0.343 e. The van der Waals surface area contributed by atoms with Crippen molar-refractivity contribution in [2.75, 3.05) is 25.0 Å². The van der Waals surface area contributed by atoms with Crippen LogP contribution in [0.1, 0.15) is 69.0 Å². The quantitative estimate of drug-likeness (QED) is 0.586. The molecule has 8 heteroatoms. The van der Waals surface area contributed by atoms with Crippen LogP contribution in [0.5, 0.6) is 0 Å². The lowest BCUT2D eigenvalue weighted by molar-refractivity contribution is -0.139. The Morgan fingerprint density at radius 2 is 1.86 bits per heavy atom. The summed E-state index contributed by atoms with van der Waals surface area (Å²) in [5, 5.41) is 6.10. The van der Waals surface area contributed by atoms with Gasteiger partial charge in [-0.05, 0) is 93.5 Å². The third-order valence-corrected chi connectivity index (χ3v) is 8.42. The second-order valence-corrected chi connectivity index (χ2v) is 10.7. The van der Waals surface area contributed by atoms with Gasteiger partial charge in [-0.15, -0.1) is 0 Å². The molecule has 1 saturated heterocycles. The highest BCUT2D eigenvalue weighted by Gasteiger charge is 2.39. The van der Waals surface area contributed by atoms with Gasteiger partial charge in [0.05, 0.1) is 12.1 Å². The molecule has 3 heterocycles. The predicted molar refractivity (Wildman–Crippen MR) is 142 cm³/mol. The first-order valence-electron chi connectivity index (χ1n) is 13.8. The van der Waals surface area contributed by atoms with E-state index in [0.717, 1.165) is 74.1 Å². The predicted octanol–water partition coefficient (Wildman–Crippen LogP) is 4.25. The van der Waals surface area contributed by atoms with E-state index in [4.69, 9.17) is 0 Å². The Morgan fingerprint density at radius 3 is 2.65 bits per heavy atom. The SMILES string of the molecule is CNC(C)C(=O)NC(C(=O)N1CCCC1c1ccnc(N2CCc3cc(F)ccc32)c1)C1CCCCC1. The van der Waals surface area contributed by atoms with E-state index in [9.17, 15) is 14.0 Å². The number of anilines is 2. The number of likely N-dealkylation sites (tertiary alicyclic amines) is 1. The first kappa shape index (κ1) is 25.6. The number of fused-ring (bicyclic) bond motifs is 1. The maximum atomic E-state index is 14.0. The Bertz CT molecular complexity index is 1140. The van der Waals surface area contributed by atoms with Crippen LogP contribution in [0.2, 0.25) is 0 Å². The molecule has 2 fully saturated rings. The Morgan fingerprint density at radius 1 is 1.05 bits per heavy atom. The summed E-state index contributed by atoms with van der Waals surface area (Å²) in [7, 11) is 1.76. The maximum absolute atomic E-state index is 14.0. The van der Waals surface area contributed by atoms with E-state index in [2.05, 4.69) is 26.6 Å². The van der Waals surface area contributed by atoms with Crippen molar-refractivity contribution in [1.82, 2.24) is 20.5 Å². The molecule has 3 unspecified atom stereocenters. The molecule has 3 aliphatic rings. The van der Waals surface area contributed by atoms with Gasteiger partial charge in [-0.25, -0.2) is 9.37 Å². The summed E-state index contributed by atoms with van der Waals surface area (Å²) in [5.74, 6) is 0.683. The zero-order valence-corrected chi connectivity index (χ0v) is 21.9. The average molecular weight is 508 g/mol. The number of nitrogens with one attached hydrogen (secondary N) is 2. The van der Waals surface area contributed by atoms with Crippen molar-refractivity contribution >= 4 is 23.3 Å². The molecule has 0 spiro atoms. The van der Waals surface area contributed by atoms with Crippen molar-refractivity contribution in [2.24, 2.45) is 5.92 Å². The van der Waals surface area contributed by atoms with Gasteiger partial charge in [0.2, 0.25) is 11.8 Å². The molecule has 0 bridgehead atoms. The fourth-order valence-electron chi connectivity index (χ4n) is 6.21. The average Bonchev–Trinajstić information content (AvgIpc) is 3.58. The second kappa shape index (κ2) is 11.2. The summed E-state index contributed by atoms with van der Waals surface area (Å²) < 4.78 is 13.7. The fraction of sp³-hybridized carbons (Fsp3) is 0.552. The van der Waals surface area contributed by atoms with E-state index in [0.29, 0.717) is 6.54 Å². The van der Waals surface area contributed by atoms with Crippen LogP contribution in [0.15, 0.2) is 36.5 Å². The fourth-order valence-corrected chi connectivity index (χ4v) is 6.21. The molecule has 2 amide bonds. The largest absolute Gasteiger partial charge is 0.343 e. The molecule has 1 aromatic carbocycles. The smallest absolute Gasteiger partial charge is 0.245 e. The van der Waals surface area contributed by atoms with Crippen molar-refractivity contribution in [3.05, 3.63) is 53.5 Å². The minimum atomic E-state index is -0.495. The van der Waals surface area contributed by atoms with Crippen molar-refractivity contribution in [2.45, 2.75) is 76.4 Å². The van der Waals surface area contributed by atoms with E-state index in [-0.39, 0.29) is 35.6 Å². The highest BCUT2D eigenvalue weighted by molar-refractivity contribution is 5.90. The van der Waals surface area contributed by atoms with Gasteiger partial charge in [0.1, 0.15) is 17.7 Å². The number of carbonyl (C=O) groups excluding carboxylic acids is 2.